The molecule has 0 unspecified atom stereocenters. The molecule has 0 aliphatic heterocycles. The van der Waals surface area contributed by atoms with Crippen LogP contribution in [-0.4, -0.2) is 42.2 Å². The zero-order chi connectivity index (χ0) is 21.0. The molecule has 10 heteroatoms. The molecule has 1 aromatic carbocycles. The molecule has 0 bridgehead atoms. The van der Waals surface area contributed by atoms with Crippen LogP contribution in [0.15, 0.2) is 24.4 Å². The maximum absolute atomic E-state index is 11.3. The van der Waals surface area contributed by atoms with Crippen LogP contribution in [0.2, 0.25) is 0 Å². The van der Waals surface area contributed by atoms with Gasteiger partial charge in [0.1, 0.15) is 0 Å². The molecule has 3 aromatic rings. The molecule has 0 aliphatic rings. The Balaban J connectivity index is 1.91. The van der Waals surface area contributed by atoms with E-state index in [2.05, 4.69) is 25.6 Å². The van der Waals surface area contributed by atoms with Gasteiger partial charge in [-0.25, -0.2) is 15.0 Å². The summed E-state index contributed by atoms with van der Waals surface area (Å²) >= 11 is 1.36. The van der Waals surface area contributed by atoms with Crippen LogP contribution >= 0.6 is 11.3 Å². The summed E-state index contributed by atoms with van der Waals surface area (Å²) in [6.45, 7) is 3.31. The van der Waals surface area contributed by atoms with Crippen molar-refractivity contribution in [2.75, 3.05) is 32.0 Å². The number of carbonyl (C=O) groups excluding carboxylic acids is 1. The second kappa shape index (κ2) is 8.74. The van der Waals surface area contributed by atoms with Crippen LogP contribution in [0.1, 0.15) is 12.6 Å². The zero-order valence-electron chi connectivity index (χ0n) is 16.7. The van der Waals surface area contributed by atoms with Crippen LogP contribution in [0, 0.1) is 6.92 Å². The molecular weight excluding hydrogens is 394 g/mol. The van der Waals surface area contributed by atoms with Gasteiger partial charge in [0.2, 0.25) is 17.6 Å². The smallest absolute Gasteiger partial charge is 0.227 e. The Kier molecular flexibility index (Phi) is 6.13. The van der Waals surface area contributed by atoms with Gasteiger partial charge in [-0.2, -0.15) is 0 Å². The fourth-order valence-electron chi connectivity index (χ4n) is 2.67. The van der Waals surface area contributed by atoms with E-state index in [1.807, 2.05) is 6.92 Å². The molecular formula is C19H21N5O4S. The summed E-state index contributed by atoms with van der Waals surface area (Å²) in [5, 5.41) is 6.38. The number of nitrogens with one attached hydrogen (secondary N) is 2. The summed E-state index contributed by atoms with van der Waals surface area (Å²) in [7, 11) is 4.65. The Morgan fingerprint density at radius 3 is 2.34 bits per heavy atom. The topological polar surface area (TPSA) is 107 Å². The fraction of sp³-hybridized carbons (Fsp3) is 0.263. The Labute approximate surface area is 172 Å². The standard InChI is InChI=1S/C19H21N5O4S/c1-10-17(29-19(21-10)22-11(2)25)13-6-7-20-18(24-13)23-12-8-14(26-3)16(28-5)15(9-12)27-4/h6-9H,1-5H3,(H,20,23,24)(H,21,22,25). The summed E-state index contributed by atoms with van der Waals surface area (Å²) in [4.78, 5) is 25.3. The first-order chi connectivity index (χ1) is 13.9. The van der Waals surface area contributed by atoms with Crippen molar-refractivity contribution < 1.29 is 19.0 Å². The third-order valence-electron chi connectivity index (χ3n) is 3.89. The van der Waals surface area contributed by atoms with Crippen LogP contribution < -0.4 is 24.8 Å². The Morgan fingerprint density at radius 2 is 1.76 bits per heavy atom. The summed E-state index contributed by atoms with van der Waals surface area (Å²) in [5.41, 5.74) is 2.15. The molecule has 2 aromatic heterocycles. The molecule has 3 rings (SSSR count). The number of rotatable bonds is 7. The highest BCUT2D eigenvalue weighted by Crippen LogP contribution is 2.40. The number of hydrogen-bond acceptors (Lipinski definition) is 9. The van der Waals surface area contributed by atoms with Crippen molar-refractivity contribution in [1.29, 1.82) is 0 Å². The number of anilines is 3. The highest BCUT2D eigenvalue weighted by Gasteiger charge is 2.15. The van der Waals surface area contributed by atoms with Crippen LogP contribution in [-0.2, 0) is 4.79 Å². The van der Waals surface area contributed by atoms with Crippen molar-refractivity contribution in [3.05, 3.63) is 30.1 Å². The molecule has 2 heterocycles. The van der Waals surface area contributed by atoms with Gasteiger partial charge in [0.25, 0.3) is 0 Å². The molecule has 152 valence electrons. The van der Waals surface area contributed by atoms with Crippen LogP contribution in [0.4, 0.5) is 16.8 Å². The van der Waals surface area contributed by atoms with Gasteiger partial charge in [0.15, 0.2) is 16.6 Å². The lowest BCUT2D eigenvalue weighted by Crippen LogP contribution is -2.04. The number of amides is 1. The van der Waals surface area contributed by atoms with Crippen LogP contribution in [0.5, 0.6) is 17.2 Å². The first-order valence-electron chi connectivity index (χ1n) is 8.60. The lowest BCUT2D eigenvalue weighted by Gasteiger charge is -2.14. The number of carbonyl (C=O) groups is 1. The monoisotopic (exact) mass is 415 g/mol. The second-order valence-electron chi connectivity index (χ2n) is 5.92. The van der Waals surface area contributed by atoms with E-state index in [4.69, 9.17) is 14.2 Å². The van der Waals surface area contributed by atoms with Gasteiger partial charge in [-0.15, -0.1) is 0 Å². The minimum atomic E-state index is -0.169. The Hall–Kier alpha value is -3.40. The highest BCUT2D eigenvalue weighted by atomic mass is 32.1. The Morgan fingerprint density at radius 1 is 1.07 bits per heavy atom. The first kappa shape index (κ1) is 20.3. The third kappa shape index (κ3) is 4.54. The van der Waals surface area contributed by atoms with Gasteiger partial charge in [-0.05, 0) is 13.0 Å². The molecule has 0 spiro atoms. The number of hydrogen-bond donors (Lipinski definition) is 2. The average molecular weight is 415 g/mol. The van der Waals surface area contributed by atoms with Crippen LogP contribution in [0.25, 0.3) is 10.6 Å². The van der Waals surface area contributed by atoms with E-state index < -0.39 is 0 Å². The summed E-state index contributed by atoms with van der Waals surface area (Å²) in [5.74, 6) is 1.76. The average Bonchev–Trinajstić information content (AvgIpc) is 3.06. The molecule has 0 saturated heterocycles. The van der Waals surface area contributed by atoms with Crippen molar-refractivity contribution in [3.8, 4) is 27.8 Å². The van der Waals surface area contributed by atoms with Gasteiger partial charge in [-0.1, -0.05) is 11.3 Å². The van der Waals surface area contributed by atoms with E-state index >= 15 is 0 Å². The normalized spacial score (nSPS) is 10.4. The third-order valence-corrected chi connectivity index (χ3v) is 4.98. The summed E-state index contributed by atoms with van der Waals surface area (Å²) in [6.07, 6.45) is 1.65. The minimum Gasteiger partial charge on any atom is -0.493 e. The highest BCUT2D eigenvalue weighted by molar-refractivity contribution is 7.19. The molecule has 0 fully saturated rings. The maximum Gasteiger partial charge on any atom is 0.227 e. The largest absolute Gasteiger partial charge is 0.493 e. The number of ether oxygens (including phenoxy) is 3. The molecule has 0 saturated carbocycles. The summed E-state index contributed by atoms with van der Waals surface area (Å²) < 4.78 is 16.1. The number of benzene rings is 1. The quantitative estimate of drug-likeness (QED) is 0.602. The van der Waals surface area contributed by atoms with E-state index in [-0.39, 0.29) is 5.91 Å². The van der Waals surface area contributed by atoms with Crippen molar-refractivity contribution in [2.24, 2.45) is 0 Å². The predicted octanol–water partition coefficient (Wildman–Crippen LogP) is 3.64. The van der Waals surface area contributed by atoms with E-state index in [0.717, 1.165) is 10.6 Å². The van der Waals surface area contributed by atoms with E-state index in [9.17, 15) is 4.79 Å². The van der Waals surface area contributed by atoms with Crippen molar-refractivity contribution >= 4 is 34.0 Å². The van der Waals surface area contributed by atoms with E-state index in [1.54, 1.807) is 45.7 Å². The van der Waals surface area contributed by atoms with Crippen LogP contribution in [0.3, 0.4) is 0 Å². The number of aromatic nitrogens is 3. The van der Waals surface area contributed by atoms with Gasteiger partial charge in [0, 0.05) is 30.9 Å². The van der Waals surface area contributed by atoms with E-state index in [1.165, 1.54) is 18.3 Å². The second-order valence-corrected chi connectivity index (χ2v) is 6.92. The number of thiazole rings is 1. The van der Waals surface area contributed by atoms with Crippen molar-refractivity contribution in [1.82, 2.24) is 15.0 Å². The molecule has 29 heavy (non-hydrogen) atoms. The molecule has 0 aliphatic carbocycles. The predicted molar refractivity (Wildman–Crippen MR) is 112 cm³/mol. The number of aryl methyl sites for hydroxylation is 1. The molecule has 0 atom stereocenters. The maximum atomic E-state index is 11.3. The first-order valence-corrected chi connectivity index (χ1v) is 9.42. The Bertz CT molecular complexity index is 1010. The molecule has 2 N–H and O–H groups in total. The molecule has 9 nitrogen and oxygen atoms in total. The van der Waals surface area contributed by atoms with Gasteiger partial charge in [-0.3, -0.25) is 4.79 Å². The lowest BCUT2D eigenvalue weighted by atomic mass is 10.2. The fourth-order valence-corrected chi connectivity index (χ4v) is 3.65. The van der Waals surface area contributed by atoms with E-state index in [0.29, 0.717) is 39.7 Å². The number of methoxy groups -OCH3 is 3. The summed E-state index contributed by atoms with van der Waals surface area (Å²) in [6, 6.07) is 5.33. The van der Waals surface area contributed by atoms with Gasteiger partial charge >= 0.3 is 0 Å². The van der Waals surface area contributed by atoms with Crippen molar-refractivity contribution in [3.63, 3.8) is 0 Å². The van der Waals surface area contributed by atoms with Gasteiger partial charge < -0.3 is 24.8 Å². The molecule has 1 amide bonds. The van der Waals surface area contributed by atoms with Crippen molar-refractivity contribution in [2.45, 2.75) is 13.8 Å². The number of nitrogens with zero attached hydrogens (tertiary/aromatic N) is 3. The lowest BCUT2D eigenvalue weighted by molar-refractivity contribution is -0.114. The SMILES string of the molecule is COc1cc(Nc2nccc(-c3sc(NC(C)=O)nc3C)n2)cc(OC)c1OC. The van der Waals surface area contributed by atoms with Gasteiger partial charge in [0.05, 0.1) is 37.6 Å². The molecule has 0 radical (unpaired) electrons. The minimum absolute atomic E-state index is 0.169. The zero-order valence-corrected chi connectivity index (χ0v) is 17.5.